The fourth-order valence-corrected chi connectivity index (χ4v) is 4.16. The zero-order valence-corrected chi connectivity index (χ0v) is 22.7. The van der Waals surface area contributed by atoms with E-state index < -0.39 is 0 Å². The van der Waals surface area contributed by atoms with Gasteiger partial charge in [-0.1, -0.05) is 25.3 Å². The van der Waals surface area contributed by atoms with Gasteiger partial charge in [-0.05, 0) is 27.7 Å². The molecular weight excluding hydrogens is 460 g/mol. The minimum absolute atomic E-state index is 0.141. The molecule has 0 unspecified atom stereocenters. The van der Waals surface area contributed by atoms with Gasteiger partial charge in [0.25, 0.3) is 0 Å². The van der Waals surface area contributed by atoms with Gasteiger partial charge >= 0.3 is 0 Å². The van der Waals surface area contributed by atoms with Crippen LogP contribution in [0.5, 0.6) is 0 Å². The molecule has 0 bridgehead atoms. The van der Waals surface area contributed by atoms with Gasteiger partial charge in [-0.15, -0.1) is 0 Å². The Bertz CT molecular complexity index is 474. The molecule has 0 aromatic carbocycles. The van der Waals surface area contributed by atoms with E-state index in [1.54, 1.807) is 19.3 Å². The standard InChI is InChI=1S/C20H42BrN2O4.C4H6/c1-19(2)16-18(17-20(3,4)22(19)21)23(5,6)8-9-25-12-13-27-15-14-26-11-10-24-7;1-3-4-2/h18H,8-17H2,1-7H3;3-4H,1-2H2/q+1;. The molecule has 6 nitrogen and oxygen atoms in total. The van der Waals surface area contributed by atoms with Crippen LogP contribution in [-0.4, -0.2) is 99.5 Å². The van der Waals surface area contributed by atoms with Gasteiger partial charge < -0.3 is 23.4 Å². The Balaban J connectivity index is 0.00000206. The van der Waals surface area contributed by atoms with Gasteiger partial charge in [0, 0.05) is 47.2 Å². The Morgan fingerprint density at radius 2 is 1.23 bits per heavy atom. The maximum Gasteiger partial charge on any atom is 0.102 e. The summed E-state index contributed by atoms with van der Waals surface area (Å²) in [5.41, 5.74) is 0.282. The molecule has 0 radical (unpaired) electrons. The molecule has 0 amide bonds. The highest BCUT2D eigenvalue weighted by atomic mass is 79.9. The lowest BCUT2D eigenvalue weighted by molar-refractivity contribution is -0.918. The second kappa shape index (κ2) is 15.5. The van der Waals surface area contributed by atoms with Crippen LogP contribution < -0.4 is 0 Å². The second-order valence-electron chi connectivity index (χ2n) is 9.77. The predicted octanol–water partition coefficient (Wildman–Crippen LogP) is 4.45. The summed E-state index contributed by atoms with van der Waals surface area (Å²) in [6.07, 6.45) is 5.61. The van der Waals surface area contributed by atoms with Crippen molar-refractivity contribution in [2.24, 2.45) is 0 Å². The fraction of sp³-hybridized carbons (Fsp3) is 0.833. The average molecular weight is 509 g/mol. The van der Waals surface area contributed by atoms with Crippen LogP contribution in [-0.2, 0) is 18.9 Å². The molecule has 0 saturated carbocycles. The van der Waals surface area contributed by atoms with E-state index in [1.165, 1.54) is 12.8 Å². The molecule has 0 spiro atoms. The second-order valence-corrected chi connectivity index (χ2v) is 10.5. The molecule has 1 fully saturated rings. The Morgan fingerprint density at radius 3 is 1.61 bits per heavy atom. The molecule has 0 aromatic rings. The van der Waals surface area contributed by atoms with Crippen molar-refractivity contribution in [1.29, 1.82) is 0 Å². The minimum atomic E-state index is 0.141. The van der Waals surface area contributed by atoms with E-state index in [0.29, 0.717) is 45.7 Å². The van der Waals surface area contributed by atoms with E-state index in [4.69, 9.17) is 18.9 Å². The number of piperidine rings is 1. The molecule has 31 heavy (non-hydrogen) atoms. The Kier molecular flexibility index (Phi) is 15.4. The average Bonchev–Trinajstić information content (AvgIpc) is 2.70. The third kappa shape index (κ3) is 12.5. The number of allylic oxidation sites excluding steroid dienone is 2. The smallest absolute Gasteiger partial charge is 0.102 e. The lowest BCUT2D eigenvalue weighted by Crippen LogP contribution is -2.64. The molecule has 7 heteroatoms. The van der Waals surface area contributed by atoms with Gasteiger partial charge in [-0.2, -0.15) is 0 Å². The van der Waals surface area contributed by atoms with E-state index in [0.717, 1.165) is 17.6 Å². The highest BCUT2D eigenvalue weighted by Crippen LogP contribution is 2.43. The summed E-state index contributed by atoms with van der Waals surface area (Å²) in [4.78, 5) is 0. The normalized spacial score (nSPS) is 18.8. The lowest BCUT2D eigenvalue weighted by Gasteiger charge is -2.55. The molecule has 1 saturated heterocycles. The zero-order chi connectivity index (χ0) is 24.0. The van der Waals surface area contributed by atoms with Crippen LogP contribution in [0, 0.1) is 0 Å². The Morgan fingerprint density at radius 1 is 0.839 bits per heavy atom. The third-order valence-corrected chi connectivity index (χ3v) is 7.60. The van der Waals surface area contributed by atoms with Crippen molar-refractivity contribution in [3.8, 4) is 0 Å². The maximum atomic E-state index is 5.81. The lowest BCUT2D eigenvalue weighted by atomic mass is 9.78. The third-order valence-electron chi connectivity index (χ3n) is 5.68. The number of halogens is 1. The maximum absolute atomic E-state index is 5.81. The number of hydrogen-bond donors (Lipinski definition) is 0. The van der Waals surface area contributed by atoms with Crippen LogP contribution in [0.25, 0.3) is 0 Å². The van der Waals surface area contributed by atoms with Crippen LogP contribution in [0.2, 0.25) is 0 Å². The molecule has 184 valence electrons. The first-order valence-electron chi connectivity index (χ1n) is 11.2. The van der Waals surface area contributed by atoms with Crippen LogP contribution in [0.3, 0.4) is 0 Å². The minimum Gasteiger partial charge on any atom is -0.382 e. The van der Waals surface area contributed by atoms with Crippen molar-refractivity contribution in [2.45, 2.75) is 57.7 Å². The van der Waals surface area contributed by atoms with Crippen molar-refractivity contribution >= 4 is 16.1 Å². The van der Waals surface area contributed by atoms with E-state index in [-0.39, 0.29) is 11.1 Å². The molecule has 0 N–H and O–H groups in total. The quantitative estimate of drug-likeness (QED) is 0.150. The van der Waals surface area contributed by atoms with Crippen molar-refractivity contribution in [1.82, 2.24) is 3.93 Å². The van der Waals surface area contributed by atoms with Crippen molar-refractivity contribution < 1.29 is 23.4 Å². The number of hydrogen-bond acceptors (Lipinski definition) is 5. The summed E-state index contributed by atoms with van der Waals surface area (Å²) in [7, 11) is 6.33. The topological polar surface area (TPSA) is 40.2 Å². The Labute approximate surface area is 200 Å². The van der Waals surface area contributed by atoms with Crippen LogP contribution in [0.4, 0.5) is 0 Å². The number of quaternary nitrogens is 1. The van der Waals surface area contributed by atoms with Gasteiger partial charge in [0.05, 0.1) is 66.4 Å². The van der Waals surface area contributed by atoms with Gasteiger partial charge in [-0.3, -0.25) is 0 Å². The molecule has 1 aliphatic rings. The first-order chi connectivity index (χ1) is 14.4. The van der Waals surface area contributed by atoms with E-state index in [2.05, 4.69) is 75.0 Å². The fourth-order valence-electron chi connectivity index (χ4n) is 3.87. The molecule has 0 atom stereocenters. The summed E-state index contributed by atoms with van der Waals surface area (Å²) in [6, 6.07) is 0.618. The van der Waals surface area contributed by atoms with Gasteiger partial charge in [0.15, 0.2) is 0 Å². The molecule has 0 aromatic heterocycles. The van der Waals surface area contributed by atoms with Crippen LogP contribution >= 0.6 is 16.1 Å². The summed E-state index contributed by atoms with van der Waals surface area (Å²) >= 11 is 3.81. The van der Waals surface area contributed by atoms with E-state index >= 15 is 0 Å². The van der Waals surface area contributed by atoms with Crippen molar-refractivity contribution in [3.05, 3.63) is 25.3 Å². The number of likely N-dealkylation sites (N-methyl/N-ethyl adjacent to an activating group) is 1. The predicted molar refractivity (Wildman–Crippen MR) is 134 cm³/mol. The summed E-state index contributed by atoms with van der Waals surface area (Å²) in [5.74, 6) is 0. The monoisotopic (exact) mass is 507 g/mol. The highest BCUT2D eigenvalue weighted by molar-refractivity contribution is 9.07. The first-order valence-corrected chi connectivity index (χ1v) is 11.9. The summed E-state index contributed by atoms with van der Waals surface area (Å²) < 4.78 is 25.0. The van der Waals surface area contributed by atoms with Crippen molar-refractivity contribution in [2.75, 3.05) is 74.0 Å². The number of nitrogens with zero attached hydrogens (tertiary/aromatic N) is 2. The molecule has 1 aliphatic heterocycles. The SMILES string of the molecule is C=CC=C.COCCOCCOCCOCC[N+](C)(C)C1CC(C)(C)N(Br)C(C)(C)C1. The van der Waals surface area contributed by atoms with E-state index in [9.17, 15) is 0 Å². The van der Waals surface area contributed by atoms with Gasteiger partial charge in [-0.25, -0.2) is 3.93 Å². The summed E-state index contributed by atoms with van der Waals surface area (Å²) in [5, 5.41) is 0. The zero-order valence-electron chi connectivity index (χ0n) is 21.1. The highest BCUT2D eigenvalue weighted by Gasteiger charge is 2.49. The molecule has 0 aliphatic carbocycles. The molecule has 1 rings (SSSR count). The molecule has 1 heterocycles. The number of methoxy groups -OCH3 is 1. The van der Waals surface area contributed by atoms with Crippen LogP contribution in [0.15, 0.2) is 25.3 Å². The molecular formula is C24H48BrN2O4+. The van der Waals surface area contributed by atoms with Crippen LogP contribution in [0.1, 0.15) is 40.5 Å². The van der Waals surface area contributed by atoms with Gasteiger partial charge in [0.2, 0.25) is 0 Å². The van der Waals surface area contributed by atoms with E-state index in [1.807, 2.05) is 0 Å². The number of rotatable bonds is 14. The first kappa shape index (κ1) is 30.7. The van der Waals surface area contributed by atoms with Crippen molar-refractivity contribution in [3.63, 3.8) is 0 Å². The largest absolute Gasteiger partial charge is 0.382 e. The van der Waals surface area contributed by atoms with Gasteiger partial charge in [0.1, 0.15) is 6.54 Å². The Hall–Kier alpha value is -0.280. The summed E-state index contributed by atoms with van der Waals surface area (Å²) in [6.45, 7) is 21.5. The number of ether oxygens (including phenoxy) is 4.